The van der Waals surface area contributed by atoms with Crippen molar-refractivity contribution >= 4 is 23.6 Å². The first-order chi connectivity index (χ1) is 16.5. The summed E-state index contributed by atoms with van der Waals surface area (Å²) in [6.07, 6.45) is 4.24. The van der Waals surface area contributed by atoms with Crippen LogP contribution in [0.1, 0.15) is 17.5 Å². The van der Waals surface area contributed by atoms with Crippen LogP contribution in [0.25, 0.3) is 0 Å². The Labute approximate surface area is 203 Å². The molecule has 0 spiro atoms. The highest BCUT2D eigenvalue weighted by Crippen LogP contribution is 2.09. The van der Waals surface area contributed by atoms with E-state index in [-0.39, 0.29) is 24.0 Å². The average molecular weight is 480 g/mol. The van der Waals surface area contributed by atoms with Crippen molar-refractivity contribution in [2.75, 3.05) is 18.6 Å². The zero-order valence-electron chi connectivity index (χ0n) is 19.1. The molecule has 3 rings (SSSR count). The summed E-state index contributed by atoms with van der Waals surface area (Å²) >= 11 is 1.62. The number of carbonyl (C=O) groups excluding carboxylic acids is 2. The van der Waals surface area contributed by atoms with Gasteiger partial charge in [0.25, 0.3) is 11.5 Å². The van der Waals surface area contributed by atoms with Crippen LogP contribution in [-0.4, -0.2) is 41.0 Å². The SMILES string of the molecule is CSCCC(NC(=O)COc1ccccc1)C(=O)NCc1ccc(Cn2ccccc2=O)cc1. The quantitative estimate of drug-likeness (QED) is 0.417. The lowest BCUT2D eigenvalue weighted by atomic mass is 10.1. The zero-order chi connectivity index (χ0) is 24.2. The molecule has 0 aliphatic carbocycles. The van der Waals surface area contributed by atoms with Crippen LogP contribution >= 0.6 is 11.8 Å². The lowest BCUT2D eigenvalue weighted by molar-refractivity contribution is -0.130. The van der Waals surface area contributed by atoms with Gasteiger partial charge in [0.1, 0.15) is 11.8 Å². The summed E-state index contributed by atoms with van der Waals surface area (Å²) in [5, 5.41) is 5.68. The molecule has 1 aromatic heterocycles. The molecule has 0 bridgehead atoms. The third-order valence-electron chi connectivity index (χ3n) is 5.12. The summed E-state index contributed by atoms with van der Waals surface area (Å²) in [5.41, 5.74) is 1.87. The van der Waals surface area contributed by atoms with Crippen LogP contribution in [-0.2, 0) is 22.7 Å². The molecule has 0 fully saturated rings. The highest BCUT2D eigenvalue weighted by atomic mass is 32.2. The van der Waals surface area contributed by atoms with E-state index in [4.69, 9.17) is 4.74 Å². The van der Waals surface area contributed by atoms with Crippen molar-refractivity contribution in [3.63, 3.8) is 0 Å². The van der Waals surface area contributed by atoms with Crippen LogP contribution in [0.15, 0.2) is 83.8 Å². The normalized spacial score (nSPS) is 11.4. The summed E-state index contributed by atoms with van der Waals surface area (Å²) in [5.74, 6) is 0.766. The summed E-state index contributed by atoms with van der Waals surface area (Å²) in [7, 11) is 0. The molecule has 0 saturated heterocycles. The smallest absolute Gasteiger partial charge is 0.258 e. The van der Waals surface area contributed by atoms with Crippen molar-refractivity contribution in [1.29, 1.82) is 0 Å². The van der Waals surface area contributed by atoms with E-state index in [0.717, 1.165) is 16.9 Å². The molecule has 7 nitrogen and oxygen atoms in total. The molecule has 8 heteroatoms. The van der Waals surface area contributed by atoms with Crippen molar-refractivity contribution < 1.29 is 14.3 Å². The van der Waals surface area contributed by atoms with Gasteiger partial charge in [-0.05, 0) is 47.8 Å². The number of benzene rings is 2. The monoisotopic (exact) mass is 479 g/mol. The number of nitrogens with one attached hydrogen (secondary N) is 2. The molecule has 1 heterocycles. The summed E-state index contributed by atoms with van der Waals surface area (Å²) in [6, 6.07) is 21.2. The second-order valence-electron chi connectivity index (χ2n) is 7.70. The lowest BCUT2D eigenvalue weighted by Gasteiger charge is -2.18. The van der Waals surface area contributed by atoms with E-state index in [9.17, 15) is 14.4 Å². The maximum atomic E-state index is 12.8. The number of para-hydroxylation sites is 1. The van der Waals surface area contributed by atoms with Crippen LogP contribution in [0.3, 0.4) is 0 Å². The number of pyridine rings is 1. The standard InChI is InChI=1S/C26H29N3O4S/c1-34-16-14-23(28-24(30)19-33-22-7-3-2-4-8-22)26(32)27-17-20-10-12-21(13-11-20)18-29-15-6-5-9-25(29)31/h2-13,15,23H,14,16-19H2,1H3,(H,27,32)(H,28,30). The Morgan fingerprint density at radius 3 is 2.38 bits per heavy atom. The van der Waals surface area contributed by atoms with Crippen molar-refractivity contribution in [2.24, 2.45) is 0 Å². The highest BCUT2D eigenvalue weighted by molar-refractivity contribution is 7.98. The molecule has 3 aromatic rings. The third-order valence-corrected chi connectivity index (χ3v) is 5.76. The van der Waals surface area contributed by atoms with E-state index >= 15 is 0 Å². The second kappa shape index (κ2) is 13.3. The number of hydrogen-bond acceptors (Lipinski definition) is 5. The molecule has 178 valence electrons. The largest absolute Gasteiger partial charge is 0.484 e. The van der Waals surface area contributed by atoms with Gasteiger partial charge in [-0.3, -0.25) is 14.4 Å². The maximum Gasteiger partial charge on any atom is 0.258 e. The minimum absolute atomic E-state index is 0.0497. The molecule has 0 aliphatic rings. The maximum absolute atomic E-state index is 12.8. The molecule has 2 aromatic carbocycles. The van der Waals surface area contributed by atoms with Gasteiger partial charge in [-0.1, -0.05) is 48.5 Å². The third kappa shape index (κ3) is 8.12. The molecular formula is C26H29N3O4S. The van der Waals surface area contributed by atoms with Crippen LogP contribution in [0, 0.1) is 0 Å². The fourth-order valence-electron chi connectivity index (χ4n) is 3.27. The Kier molecular flexibility index (Phi) is 9.79. The van der Waals surface area contributed by atoms with Gasteiger partial charge in [-0.2, -0.15) is 11.8 Å². The first-order valence-corrected chi connectivity index (χ1v) is 12.4. The molecule has 1 unspecified atom stereocenters. The van der Waals surface area contributed by atoms with Crippen LogP contribution < -0.4 is 20.9 Å². The Balaban J connectivity index is 1.50. The van der Waals surface area contributed by atoms with Gasteiger partial charge >= 0.3 is 0 Å². The van der Waals surface area contributed by atoms with Gasteiger partial charge in [0.2, 0.25) is 5.91 Å². The molecule has 34 heavy (non-hydrogen) atoms. The average Bonchev–Trinajstić information content (AvgIpc) is 2.86. The first-order valence-electron chi connectivity index (χ1n) is 11.0. The molecule has 0 radical (unpaired) electrons. The van der Waals surface area contributed by atoms with Gasteiger partial charge in [-0.15, -0.1) is 0 Å². The van der Waals surface area contributed by atoms with Crippen LogP contribution in [0.5, 0.6) is 5.75 Å². The van der Waals surface area contributed by atoms with Crippen LogP contribution in [0.2, 0.25) is 0 Å². The molecule has 2 N–H and O–H groups in total. The van der Waals surface area contributed by atoms with E-state index in [0.29, 0.717) is 25.3 Å². The zero-order valence-corrected chi connectivity index (χ0v) is 19.9. The van der Waals surface area contributed by atoms with Gasteiger partial charge < -0.3 is 19.9 Å². The minimum atomic E-state index is -0.636. The van der Waals surface area contributed by atoms with E-state index in [1.807, 2.05) is 54.8 Å². The van der Waals surface area contributed by atoms with E-state index in [2.05, 4.69) is 10.6 Å². The number of amides is 2. The minimum Gasteiger partial charge on any atom is -0.484 e. The molecule has 2 amide bonds. The molecule has 0 saturated carbocycles. The number of carbonyl (C=O) groups is 2. The summed E-state index contributed by atoms with van der Waals surface area (Å²) in [6.45, 7) is 0.676. The van der Waals surface area contributed by atoms with Gasteiger partial charge in [-0.25, -0.2) is 0 Å². The molecule has 0 aliphatic heterocycles. The van der Waals surface area contributed by atoms with Gasteiger partial charge in [0.15, 0.2) is 6.61 Å². The number of aromatic nitrogens is 1. The Morgan fingerprint density at radius 2 is 1.68 bits per heavy atom. The molecular weight excluding hydrogens is 450 g/mol. The van der Waals surface area contributed by atoms with E-state index in [1.165, 1.54) is 6.07 Å². The predicted molar refractivity (Wildman–Crippen MR) is 135 cm³/mol. The van der Waals surface area contributed by atoms with Crippen molar-refractivity contribution in [3.8, 4) is 5.75 Å². The fourth-order valence-corrected chi connectivity index (χ4v) is 3.74. The number of ether oxygens (including phenoxy) is 1. The number of nitrogens with zero attached hydrogens (tertiary/aromatic N) is 1. The fraction of sp³-hybridized carbons (Fsp3) is 0.269. The van der Waals surface area contributed by atoms with E-state index < -0.39 is 6.04 Å². The van der Waals surface area contributed by atoms with E-state index in [1.54, 1.807) is 40.7 Å². The topological polar surface area (TPSA) is 89.4 Å². The van der Waals surface area contributed by atoms with Gasteiger partial charge in [0.05, 0.1) is 6.54 Å². The highest BCUT2D eigenvalue weighted by Gasteiger charge is 2.20. The number of rotatable bonds is 12. The Morgan fingerprint density at radius 1 is 0.971 bits per heavy atom. The van der Waals surface area contributed by atoms with Gasteiger partial charge in [0, 0.05) is 18.8 Å². The van der Waals surface area contributed by atoms with Crippen molar-refractivity contribution in [2.45, 2.75) is 25.6 Å². The number of hydrogen-bond donors (Lipinski definition) is 2. The Hall–Kier alpha value is -3.52. The second-order valence-corrected chi connectivity index (χ2v) is 8.69. The van der Waals surface area contributed by atoms with Crippen molar-refractivity contribution in [3.05, 3.63) is 100 Å². The summed E-state index contributed by atoms with van der Waals surface area (Å²) < 4.78 is 7.11. The Bertz CT molecular complexity index is 1120. The number of thioether (sulfide) groups is 1. The first kappa shape index (κ1) is 25.1. The predicted octanol–water partition coefficient (Wildman–Crippen LogP) is 2.83. The lowest BCUT2D eigenvalue weighted by Crippen LogP contribution is -2.48. The van der Waals surface area contributed by atoms with Crippen molar-refractivity contribution in [1.82, 2.24) is 15.2 Å². The van der Waals surface area contributed by atoms with Crippen LogP contribution in [0.4, 0.5) is 0 Å². The summed E-state index contributed by atoms with van der Waals surface area (Å²) in [4.78, 5) is 37.0. The molecule has 1 atom stereocenters.